The van der Waals surface area contributed by atoms with Crippen molar-refractivity contribution in [2.24, 2.45) is 5.92 Å². The zero-order chi connectivity index (χ0) is 10.6. The molecule has 1 heterocycles. The molecular weight excluding hydrogens is 174 g/mol. The molecule has 0 radical (unpaired) electrons. The minimum Gasteiger partial charge on any atom is -0.492 e. The van der Waals surface area contributed by atoms with Crippen LogP contribution in [0, 0.1) is 5.92 Å². The van der Waals surface area contributed by atoms with Gasteiger partial charge < -0.3 is 10.1 Å². The van der Waals surface area contributed by atoms with Gasteiger partial charge in [-0.05, 0) is 32.0 Å². The lowest BCUT2D eigenvalue weighted by molar-refractivity contribution is 0.136. The second-order valence-electron chi connectivity index (χ2n) is 3.72. The second kappa shape index (κ2) is 5.20. The largest absolute Gasteiger partial charge is 0.492 e. The van der Waals surface area contributed by atoms with Crippen LogP contribution in [-0.4, -0.2) is 19.7 Å². The van der Waals surface area contributed by atoms with Gasteiger partial charge >= 0.3 is 0 Å². The summed E-state index contributed by atoms with van der Waals surface area (Å²) in [4.78, 5) is 0. The quantitative estimate of drug-likeness (QED) is 0.731. The van der Waals surface area contributed by atoms with Crippen molar-refractivity contribution in [1.29, 1.82) is 0 Å². The number of allylic oxidation sites excluding steroid dienone is 3. The van der Waals surface area contributed by atoms with Gasteiger partial charge in [-0.25, -0.2) is 0 Å². The van der Waals surface area contributed by atoms with Crippen LogP contribution in [0.25, 0.3) is 0 Å². The van der Waals surface area contributed by atoms with Gasteiger partial charge in [-0.3, -0.25) is 0 Å². The monoisotopic (exact) mass is 195 g/mol. The molecule has 2 unspecified atom stereocenters. The third kappa shape index (κ3) is 2.18. The summed E-state index contributed by atoms with van der Waals surface area (Å²) in [5.74, 6) is 1.62. The van der Waals surface area contributed by atoms with Gasteiger partial charge in [-0.1, -0.05) is 19.9 Å². The fourth-order valence-electron chi connectivity index (χ4n) is 1.95. The molecule has 0 aromatic heterocycles. The highest BCUT2D eigenvalue weighted by molar-refractivity contribution is 5.30. The van der Waals surface area contributed by atoms with Crippen molar-refractivity contribution in [2.45, 2.75) is 33.2 Å². The van der Waals surface area contributed by atoms with Gasteiger partial charge in [-0.2, -0.15) is 0 Å². The molecule has 1 aliphatic heterocycles. The molecule has 14 heavy (non-hydrogen) atoms. The number of likely N-dealkylation sites (N-methyl/N-ethyl adjacent to an activating group) is 1. The molecule has 1 fully saturated rings. The lowest BCUT2D eigenvalue weighted by Gasteiger charge is -2.33. The first-order chi connectivity index (χ1) is 6.74. The third-order valence-corrected chi connectivity index (χ3v) is 2.87. The van der Waals surface area contributed by atoms with Gasteiger partial charge in [0.1, 0.15) is 12.4 Å². The van der Waals surface area contributed by atoms with Crippen LogP contribution < -0.4 is 5.32 Å². The maximum Gasteiger partial charge on any atom is 0.118 e. The second-order valence-corrected chi connectivity index (χ2v) is 3.72. The first kappa shape index (κ1) is 11.3. The van der Waals surface area contributed by atoms with Gasteiger partial charge in [0.25, 0.3) is 0 Å². The lowest BCUT2D eigenvalue weighted by atomic mass is 9.89. The Morgan fingerprint density at radius 1 is 1.57 bits per heavy atom. The van der Waals surface area contributed by atoms with E-state index in [-0.39, 0.29) is 0 Å². The van der Waals surface area contributed by atoms with E-state index in [4.69, 9.17) is 4.74 Å². The zero-order valence-corrected chi connectivity index (χ0v) is 9.63. The van der Waals surface area contributed by atoms with E-state index in [0.717, 1.165) is 18.8 Å². The van der Waals surface area contributed by atoms with Gasteiger partial charge in [-0.15, -0.1) is 0 Å². The Morgan fingerprint density at radius 3 is 2.79 bits per heavy atom. The summed E-state index contributed by atoms with van der Waals surface area (Å²) in [5.41, 5.74) is 1.33. The van der Waals surface area contributed by atoms with Gasteiger partial charge in [0.2, 0.25) is 0 Å². The van der Waals surface area contributed by atoms with Crippen LogP contribution in [0.4, 0.5) is 0 Å². The summed E-state index contributed by atoms with van der Waals surface area (Å²) in [6.45, 7) is 7.25. The maximum absolute atomic E-state index is 5.73. The van der Waals surface area contributed by atoms with Gasteiger partial charge in [0.05, 0.1) is 0 Å². The molecule has 0 bridgehead atoms. The molecule has 1 saturated heterocycles. The minimum atomic E-state index is 0.440. The van der Waals surface area contributed by atoms with Crippen molar-refractivity contribution < 1.29 is 4.74 Å². The highest BCUT2D eigenvalue weighted by atomic mass is 16.5. The predicted molar refractivity (Wildman–Crippen MR) is 60.1 cm³/mol. The van der Waals surface area contributed by atoms with E-state index in [2.05, 4.69) is 38.2 Å². The van der Waals surface area contributed by atoms with Crippen LogP contribution in [0.5, 0.6) is 0 Å². The van der Waals surface area contributed by atoms with E-state index < -0.39 is 0 Å². The Balaban J connectivity index is 2.84. The molecular formula is C12H21NO. The normalized spacial score (nSPS) is 33.4. The molecule has 1 aliphatic rings. The summed E-state index contributed by atoms with van der Waals surface area (Å²) in [7, 11) is 1.99. The fourth-order valence-corrected chi connectivity index (χ4v) is 1.95. The number of hydrogen-bond donors (Lipinski definition) is 1. The first-order valence-electron chi connectivity index (χ1n) is 5.41. The first-order valence-corrected chi connectivity index (χ1v) is 5.41. The molecule has 1 rings (SSSR count). The third-order valence-electron chi connectivity index (χ3n) is 2.87. The molecule has 0 aliphatic carbocycles. The number of ether oxygens (including phenoxy) is 1. The Hall–Kier alpha value is -0.760. The smallest absolute Gasteiger partial charge is 0.118 e. The van der Waals surface area contributed by atoms with E-state index in [0.29, 0.717) is 12.0 Å². The average molecular weight is 195 g/mol. The molecule has 0 aromatic carbocycles. The van der Waals surface area contributed by atoms with Gasteiger partial charge in [0, 0.05) is 12.0 Å². The lowest BCUT2D eigenvalue weighted by Crippen LogP contribution is -2.41. The molecule has 0 saturated carbocycles. The Morgan fingerprint density at radius 2 is 2.29 bits per heavy atom. The summed E-state index contributed by atoms with van der Waals surface area (Å²) >= 11 is 0. The summed E-state index contributed by atoms with van der Waals surface area (Å²) in [5, 5.41) is 3.29. The van der Waals surface area contributed by atoms with Crippen molar-refractivity contribution in [3.8, 4) is 0 Å². The molecule has 0 amide bonds. The average Bonchev–Trinajstić information content (AvgIpc) is 2.19. The minimum absolute atomic E-state index is 0.440. The molecule has 2 heteroatoms. The molecule has 1 N–H and O–H groups in total. The van der Waals surface area contributed by atoms with Crippen LogP contribution in [0.3, 0.4) is 0 Å². The van der Waals surface area contributed by atoms with Gasteiger partial charge in [0.15, 0.2) is 0 Å². The van der Waals surface area contributed by atoms with E-state index in [1.165, 1.54) is 5.57 Å². The topological polar surface area (TPSA) is 21.3 Å². The predicted octanol–water partition coefficient (Wildman–Crippen LogP) is 2.48. The SMILES string of the molecule is C/C=C1\C(=C/CC)OCC(NC)C1C. The molecule has 2 atom stereocenters. The van der Waals surface area contributed by atoms with Crippen LogP contribution in [0.2, 0.25) is 0 Å². The number of rotatable bonds is 2. The Labute approximate surface area is 87.0 Å². The molecule has 80 valence electrons. The fraction of sp³-hybridized carbons (Fsp3) is 0.667. The Bertz CT molecular complexity index is 243. The summed E-state index contributed by atoms with van der Waals surface area (Å²) < 4.78 is 5.73. The van der Waals surface area contributed by atoms with E-state index in [1.54, 1.807) is 0 Å². The van der Waals surface area contributed by atoms with Crippen molar-refractivity contribution in [3.63, 3.8) is 0 Å². The molecule has 0 spiro atoms. The van der Waals surface area contributed by atoms with E-state index >= 15 is 0 Å². The standard InChI is InChI=1S/C12H21NO/c1-5-7-12-10(6-2)9(3)11(13-4)8-14-12/h6-7,9,11,13H,5,8H2,1-4H3/b10-6-,12-7+. The highest BCUT2D eigenvalue weighted by Gasteiger charge is 2.27. The van der Waals surface area contributed by atoms with Crippen LogP contribution in [-0.2, 0) is 4.74 Å². The van der Waals surface area contributed by atoms with Crippen LogP contribution in [0.15, 0.2) is 23.5 Å². The zero-order valence-electron chi connectivity index (χ0n) is 9.63. The highest BCUT2D eigenvalue weighted by Crippen LogP contribution is 2.29. The van der Waals surface area contributed by atoms with Crippen molar-refractivity contribution in [3.05, 3.63) is 23.5 Å². The number of nitrogens with one attached hydrogen (secondary N) is 1. The summed E-state index contributed by atoms with van der Waals surface area (Å²) in [6.07, 6.45) is 5.36. The van der Waals surface area contributed by atoms with E-state index in [1.807, 2.05) is 7.05 Å². The molecule has 2 nitrogen and oxygen atoms in total. The number of hydrogen-bond acceptors (Lipinski definition) is 2. The van der Waals surface area contributed by atoms with Crippen molar-refractivity contribution >= 4 is 0 Å². The maximum atomic E-state index is 5.73. The van der Waals surface area contributed by atoms with Crippen molar-refractivity contribution in [2.75, 3.05) is 13.7 Å². The van der Waals surface area contributed by atoms with Crippen LogP contribution in [0.1, 0.15) is 27.2 Å². The van der Waals surface area contributed by atoms with Crippen LogP contribution >= 0.6 is 0 Å². The Kier molecular flexibility index (Phi) is 4.21. The van der Waals surface area contributed by atoms with Crippen molar-refractivity contribution in [1.82, 2.24) is 5.32 Å². The van der Waals surface area contributed by atoms with E-state index in [9.17, 15) is 0 Å². The summed E-state index contributed by atoms with van der Waals surface area (Å²) in [6, 6.07) is 0.440. The molecule has 0 aromatic rings.